The molecule has 0 aromatic heterocycles. The van der Waals surface area contributed by atoms with Crippen molar-refractivity contribution < 1.29 is 4.74 Å². The Morgan fingerprint density at radius 1 is 1.50 bits per heavy atom. The molecule has 0 N–H and O–H groups in total. The molecule has 4 heteroatoms. The minimum atomic E-state index is 0. The second kappa shape index (κ2) is 10.9. The molecule has 0 heterocycles. The van der Waals surface area contributed by atoms with Crippen molar-refractivity contribution in [3.63, 3.8) is 0 Å². The van der Waals surface area contributed by atoms with Crippen LogP contribution in [0.25, 0.3) is 0 Å². The summed E-state index contributed by atoms with van der Waals surface area (Å²) in [6.07, 6.45) is 3.50. The molecule has 0 saturated heterocycles. The van der Waals surface area contributed by atoms with Crippen molar-refractivity contribution in [1.82, 2.24) is 0 Å². The van der Waals surface area contributed by atoms with E-state index in [-0.39, 0.29) is 51.4 Å². The van der Waals surface area contributed by atoms with E-state index in [0.29, 0.717) is 4.38 Å². The van der Waals surface area contributed by atoms with Gasteiger partial charge < -0.3 is 4.74 Å². The van der Waals surface area contributed by atoms with E-state index in [2.05, 4.69) is 31.8 Å². The predicted molar refractivity (Wildman–Crippen MR) is 54.2 cm³/mol. The molecule has 0 radical (unpaired) electrons. The van der Waals surface area contributed by atoms with Crippen molar-refractivity contribution in [3.05, 3.63) is 0 Å². The van der Waals surface area contributed by atoms with Gasteiger partial charge in [-0.15, -0.1) is 0 Å². The molecule has 0 spiro atoms. The molecule has 56 valence electrons. The first-order chi connectivity index (χ1) is 4.27. The van der Waals surface area contributed by atoms with Crippen LogP contribution in [0, 0.1) is 0 Å². The summed E-state index contributed by atoms with van der Waals surface area (Å²) in [5.41, 5.74) is 0. The van der Waals surface area contributed by atoms with Crippen molar-refractivity contribution in [3.8, 4) is 0 Å². The second-order valence-electron chi connectivity index (χ2n) is 1.82. The Morgan fingerprint density at radius 3 is 2.50 bits per heavy atom. The van der Waals surface area contributed by atoms with E-state index in [0.717, 1.165) is 13.0 Å². The Labute approximate surface area is 116 Å². The molecule has 0 bridgehead atoms. The number of hydrogen-bond acceptors (Lipinski definition) is 2. The number of hydrogen-bond donors (Lipinski definition) is 1. The number of ether oxygens (including phenoxy) is 1. The van der Waals surface area contributed by atoms with Gasteiger partial charge in [-0.3, -0.25) is 0 Å². The molecule has 0 amide bonds. The van der Waals surface area contributed by atoms with Gasteiger partial charge in [-0.1, -0.05) is 32.4 Å². The van der Waals surface area contributed by atoms with Gasteiger partial charge in [-0.05, 0) is 18.6 Å². The summed E-state index contributed by atoms with van der Waals surface area (Å²) >= 11 is 8.40. The zero-order chi connectivity index (χ0) is 7.11. The molecule has 0 aliphatic heterocycles. The summed E-state index contributed by atoms with van der Waals surface area (Å²) < 4.78 is 5.29. The van der Waals surface area contributed by atoms with Gasteiger partial charge in [-0.25, -0.2) is 0 Å². The zero-order valence-corrected chi connectivity index (χ0v) is 7.30. The quantitative estimate of drug-likeness (QED) is 0.323. The van der Waals surface area contributed by atoms with E-state index in [1.165, 1.54) is 12.8 Å². The van der Waals surface area contributed by atoms with Crippen LogP contribution in [0.1, 0.15) is 26.2 Å². The van der Waals surface area contributed by atoms with E-state index < -0.39 is 0 Å². The maximum atomic E-state index is 4.94. The van der Waals surface area contributed by atoms with Gasteiger partial charge in [0.25, 0.3) is 0 Å². The Kier molecular flexibility index (Phi) is 15.7. The summed E-state index contributed by atoms with van der Waals surface area (Å²) in [7, 11) is 0. The van der Waals surface area contributed by atoms with Crippen molar-refractivity contribution in [2.75, 3.05) is 6.61 Å². The summed E-state index contributed by atoms with van der Waals surface area (Å²) in [6.45, 7) is 2.87. The fourth-order valence-corrected chi connectivity index (χ4v) is 0.686. The van der Waals surface area contributed by atoms with Crippen LogP contribution in [0.15, 0.2) is 0 Å². The Balaban J connectivity index is 0. The van der Waals surface area contributed by atoms with E-state index in [4.69, 9.17) is 4.74 Å². The second-order valence-corrected chi connectivity index (χ2v) is 2.90. The van der Waals surface area contributed by atoms with Gasteiger partial charge in [-0.2, -0.15) is 0 Å². The molecule has 0 rings (SSSR count). The van der Waals surface area contributed by atoms with Crippen molar-refractivity contribution in [2.45, 2.75) is 26.2 Å². The van der Waals surface area contributed by atoms with Crippen molar-refractivity contribution in [2.24, 2.45) is 0 Å². The van der Waals surface area contributed by atoms with Gasteiger partial charge in [0, 0.05) is 0 Å². The first-order valence-corrected chi connectivity index (χ1v) is 3.98. The van der Waals surface area contributed by atoms with Crippen LogP contribution < -0.4 is 0 Å². The molecular weight excluding hydrogens is 191 g/mol. The fourth-order valence-electron chi connectivity index (χ4n) is 0.512. The number of thiol groups is 1. The Morgan fingerprint density at radius 2 is 2.10 bits per heavy atom. The van der Waals surface area contributed by atoms with E-state index in [1.807, 2.05) is 0 Å². The summed E-state index contributed by atoms with van der Waals surface area (Å²) in [5.74, 6) is 0. The van der Waals surface area contributed by atoms with E-state index in [9.17, 15) is 0 Å². The van der Waals surface area contributed by atoms with Crippen LogP contribution >= 0.6 is 24.8 Å². The third-order valence-electron chi connectivity index (χ3n) is 0.973. The van der Waals surface area contributed by atoms with Crippen LogP contribution in [0.3, 0.4) is 0 Å². The van der Waals surface area contributed by atoms with E-state index >= 15 is 0 Å². The first-order valence-electron chi connectivity index (χ1n) is 3.13. The molecule has 10 heavy (non-hydrogen) atoms. The summed E-state index contributed by atoms with van der Waals surface area (Å²) in [5, 5.41) is 0. The van der Waals surface area contributed by atoms with Crippen molar-refractivity contribution in [1.29, 1.82) is 0 Å². The molecule has 0 fully saturated rings. The molecule has 0 unspecified atom stereocenters. The minimum absolute atomic E-state index is 0. The predicted octanol–water partition coefficient (Wildman–Crippen LogP) is 1.76. The van der Waals surface area contributed by atoms with Crippen LogP contribution in [0.5, 0.6) is 0 Å². The third-order valence-corrected chi connectivity index (χ3v) is 1.22. The van der Waals surface area contributed by atoms with Crippen LogP contribution in [-0.4, -0.2) is 62.4 Å². The molecule has 1 nitrogen and oxygen atoms in total. The van der Waals surface area contributed by atoms with E-state index in [1.54, 1.807) is 0 Å². The number of unbranched alkanes of at least 4 members (excludes halogenated alkanes) is 2. The fraction of sp³-hybridized carbons (Fsp3) is 0.833. The molecule has 0 aliphatic rings. The SMILES string of the molecule is CCCCCOC(=S)S.[KH]. The van der Waals surface area contributed by atoms with Gasteiger partial charge in [0.05, 0.1) is 6.61 Å². The first kappa shape index (κ1) is 14.4. The molecule has 0 aromatic carbocycles. The Hall–Kier alpha value is 1.88. The van der Waals surface area contributed by atoms with Gasteiger partial charge in [0.2, 0.25) is 4.38 Å². The third kappa shape index (κ3) is 12.5. The van der Waals surface area contributed by atoms with Crippen molar-refractivity contribution >= 4 is 80.6 Å². The molecule has 0 aliphatic carbocycles. The Bertz CT molecular complexity index is 87.8. The standard InChI is InChI=1S/C6H12OS2.K.H/c1-2-3-4-5-7-6(8)9;;/h2-5H2,1H3,(H,8,9);;. The van der Waals surface area contributed by atoms with Gasteiger partial charge in [0.1, 0.15) is 0 Å². The van der Waals surface area contributed by atoms with Crippen LogP contribution in [0.2, 0.25) is 0 Å². The summed E-state index contributed by atoms with van der Waals surface area (Å²) in [4.78, 5) is 0. The number of thiocarbonyl (C=S) groups is 1. The van der Waals surface area contributed by atoms with Crippen LogP contribution in [0.4, 0.5) is 0 Å². The molecular formula is C6H13KOS2. The zero-order valence-electron chi connectivity index (χ0n) is 5.59. The average molecular weight is 204 g/mol. The monoisotopic (exact) mass is 204 g/mol. The topological polar surface area (TPSA) is 9.23 Å². The molecule has 0 aromatic rings. The average Bonchev–Trinajstić information content (AvgIpc) is 1.80. The summed E-state index contributed by atoms with van der Waals surface area (Å²) in [6, 6.07) is 0. The number of rotatable bonds is 4. The van der Waals surface area contributed by atoms with Gasteiger partial charge in [0.15, 0.2) is 0 Å². The molecule has 0 saturated carbocycles. The maximum absolute atomic E-state index is 4.94. The van der Waals surface area contributed by atoms with Gasteiger partial charge >= 0.3 is 51.4 Å². The van der Waals surface area contributed by atoms with Crippen LogP contribution in [-0.2, 0) is 4.74 Å². The normalized spacial score (nSPS) is 8.20. The molecule has 0 atom stereocenters.